The molecule has 1 atom stereocenters. The molecule has 1 amide bonds. The molecule has 116 valence electrons. The van der Waals surface area contributed by atoms with Crippen LogP contribution in [0.25, 0.3) is 0 Å². The lowest BCUT2D eigenvalue weighted by Crippen LogP contribution is -2.32. The predicted octanol–water partition coefficient (Wildman–Crippen LogP) is 3.56. The molecule has 1 aromatic rings. The van der Waals surface area contributed by atoms with E-state index in [0.717, 1.165) is 49.8 Å². The highest BCUT2D eigenvalue weighted by Gasteiger charge is 2.21. The Hall–Kier alpha value is -1.58. The smallest absolute Gasteiger partial charge is 0.254 e. The zero-order valence-corrected chi connectivity index (χ0v) is 13.3. The number of carbonyl (C=O) groups is 1. The van der Waals surface area contributed by atoms with E-state index in [1.807, 2.05) is 24.0 Å². The molecule has 0 radical (unpaired) electrons. The molecule has 1 unspecified atom stereocenters. The molecule has 0 spiro atoms. The Morgan fingerprint density at radius 3 is 3.00 bits per heavy atom. The quantitative estimate of drug-likeness (QED) is 0.901. The van der Waals surface area contributed by atoms with Gasteiger partial charge in [0.1, 0.15) is 5.82 Å². The summed E-state index contributed by atoms with van der Waals surface area (Å²) in [5.74, 6) is 1.72. The van der Waals surface area contributed by atoms with Crippen molar-refractivity contribution in [1.29, 1.82) is 0 Å². The van der Waals surface area contributed by atoms with E-state index in [1.54, 1.807) is 6.20 Å². The minimum atomic E-state index is 0.147. The van der Waals surface area contributed by atoms with Crippen LogP contribution in [0.2, 0.25) is 0 Å². The first kappa shape index (κ1) is 15.8. The maximum absolute atomic E-state index is 12.6. The second kappa shape index (κ2) is 8.01. The van der Waals surface area contributed by atoms with Crippen LogP contribution in [0.4, 0.5) is 5.82 Å². The Bertz CT molecular complexity index is 461. The second-order valence-electron chi connectivity index (χ2n) is 5.84. The summed E-state index contributed by atoms with van der Waals surface area (Å²) in [6.07, 6.45) is 7.78. The average Bonchev–Trinajstić information content (AvgIpc) is 2.73. The van der Waals surface area contributed by atoms with E-state index in [1.165, 1.54) is 19.3 Å². The molecule has 0 aliphatic carbocycles. The minimum Gasteiger partial charge on any atom is -0.370 e. The van der Waals surface area contributed by atoms with Gasteiger partial charge in [-0.1, -0.05) is 19.8 Å². The third-order valence-electron chi connectivity index (χ3n) is 4.20. The van der Waals surface area contributed by atoms with Gasteiger partial charge in [-0.25, -0.2) is 4.98 Å². The van der Waals surface area contributed by atoms with Crippen molar-refractivity contribution in [2.24, 2.45) is 5.92 Å². The Kier molecular flexibility index (Phi) is 6.03. The zero-order chi connectivity index (χ0) is 15.1. The standard InChI is InChI=1S/C17H27N3O/c1-3-6-14-7-5-11-20(12-9-14)17(21)15-8-10-19-16(13-15)18-4-2/h8,10,13-14H,3-7,9,11-12H2,1-2H3,(H,18,19). The van der Waals surface area contributed by atoms with Gasteiger partial charge in [-0.2, -0.15) is 0 Å². The van der Waals surface area contributed by atoms with Gasteiger partial charge in [0, 0.05) is 31.4 Å². The lowest BCUT2D eigenvalue weighted by Gasteiger charge is -2.21. The molecule has 21 heavy (non-hydrogen) atoms. The van der Waals surface area contributed by atoms with Crippen molar-refractivity contribution in [2.45, 2.75) is 46.0 Å². The van der Waals surface area contributed by atoms with Gasteiger partial charge in [-0.05, 0) is 44.2 Å². The summed E-state index contributed by atoms with van der Waals surface area (Å²) >= 11 is 0. The number of rotatable bonds is 5. The van der Waals surface area contributed by atoms with Gasteiger partial charge in [-0.3, -0.25) is 4.79 Å². The summed E-state index contributed by atoms with van der Waals surface area (Å²) in [6, 6.07) is 3.68. The van der Waals surface area contributed by atoms with E-state index in [4.69, 9.17) is 0 Å². The van der Waals surface area contributed by atoms with Gasteiger partial charge < -0.3 is 10.2 Å². The van der Waals surface area contributed by atoms with Gasteiger partial charge in [0.15, 0.2) is 0 Å². The van der Waals surface area contributed by atoms with Gasteiger partial charge in [0.05, 0.1) is 0 Å². The summed E-state index contributed by atoms with van der Waals surface area (Å²) in [4.78, 5) is 18.9. The first-order valence-electron chi connectivity index (χ1n) is 8.23. The van der Waals surface area contributed by atoms with E-state index in [0.29, 0.717) is 0 Å². The van der Waals surface area contributed by atoms with E-state index >= 15 is 0 Å². The third-order valence-corrected chi connectivity index (χ3v) is 4.20. The molecule has 2 rings (SSSR count). The van der Waals surface area contributed by atoms with Crippen molar-refractivity contribution >= 4 is 11.7 Å². The van der Waals surface area contributed by atoms with Crippen LogP contribution in [0.3, 0.4) is 0 Å². The third kappa shape index (κ3) is 4.45. The van der Waals surface area contributed by atoms with Crippen molar-refractivity contribution in [3.63, 3.8) is 0 Å². The van der Waals surface area contributed by atoms with Crippen molar-refractivity contribution < 1.29 is 4.79 Å². The minimum absolute atomic E-state index is 0.147. The second-order valence-corrected chi connectivity index (χ2v) is 5.84. The van der Waals surface area contributed by atoms with E-state index in [9.17, 15) is 4.79 Å². The van der Waals surface area contributed by atoms with Gasteiger partial charge in [-0.15, -0.1) is 0 Å². The molecule has 2 heterocycles. The number of likely N-dealkylation sites (tertiary alicyclic amines) is 1. The van der Waals surface area contributed by atoms with Crippen molar-refractivity contribution in [2.75, 3.05) is 25.0 Å². The Morgan fingerprint density at radius 1 is 1.38 bits per heavy atom. The summed E-state index contributed by atoms with van der Waals surface area (Å²) in [5, 5.41) is 3.16. The van der Waals surface area contributed by atoms with Crippen LogP contribution < -0.4 is 5.32 Å². The Balaban J connectivity index is 2.00. The fraction of sp³-hybridized carbons (Fsp3) is 0.647. The summed E-state index contributed by atoms with van der Waals surface area (Å²) in [5.41, 5.74) is 0.745. The number of hydrogen-bond acceptors (Lipinski definition) is 3. The van der Waals surface area contributed by atoms with Crippen LogP contribution in [-0.4, -0.2) is 35.4 Å². The molecule has 1 N–H and O–H groups in total. The van der Waals surface area contributed by atoms with Crippen LogP contribution in [0.1, 0.15) is 56.3 Å². The number of nitrogens with zero attached hydrogens (tertiary/aromatic N) is 2. The van der Waals surface area contributed by atoms with Gasteiger partial charge in [0.2, 0.25) is 0 Å². The van der Waals surface area contributed by atoms with E-state index in [-0.39, 0.29) is 5.91 Å². The molecule has 1 aliphatic heterocycles. The molecule has 1 saturated heterocycles. The number of pyridine rings is 1. The zero-order valence-electron chi connectivity index (χ0n) is 13.3. The van der Waals surface area contributed by atoms with Crippen LogP contribution in [0.15, 0.2) is 18.3 Å². The van der Waals surface area contributed by atoms with Crippen molar-refractivity contribution in [3.05, 3.63) is 23.9 Å². The molecule has 4 nitrogen and oxygen atoms in total. The van der Waals surface area contributed by atoms with Crippen LogP contribution in [0, 0.1) is 5.92 Å². The first-order valence-corrected chi connectivity index (χ1v) is 8.23. The van der Waals surface area contributed by atoms with Gasteiger partial charge in [0.25, 0.3) is 5.91 Å². The molecule has 0 saturated carbocycles. The summed E-state index contributed by atoms with van der Waals surface area (Å²) in [6.45, 7) is 6.86. The summed E-state index contributed by atoms with van der Waals surface area (Å²) in [7, 11) is 0. The largest absolute Gasteiger partial charge is 0.370 e. The SMILES string of the molecule is CCCC1CCCN(C(=O)c2ccnc(NCC)c2)CC1. The monoisotopic (exact) mass is 289 g/mol. The number of hydrogen-bond donors (Lipinski definition) is 1. The maximum Gasteiger partial charge on any atom is 0.254 e. The number of anilines is 1. The Morgan fingerprint density at radius 2 is 2.24 bits per heavy atom. The number of nitrogens with one attached hydrogen (secondary N) is 1. The number of amides is 1. The van der Waals surface area contributed by atoms with Crippen molar-refractivity contribution in [1.82, 2.24) is 9.88 Å². The molecule has 4 heteroatoms. The van der Waals surface area contributed by atoms with E-state index in [2.05, 4.69) is 17.2 Å². The molecule has 0 bridgehead atoms. The molecule has 0 aromatic carbocycles. The van der Waals surface area contributed by atoms with E-state index < -0.39 is 0 Å². The topological polar surface area (TPSA) is 45.2 Å². The van der Waals surface area contributed by atoms with Crippen molar-refractivity contribution in [3.8, 4) is 0 Å². The van der Waals surface area contributed by atoms with Crippen LogP contribution >= 0.6 is 0 Å². The van der Waals surface area contributed by atoms with Crippen LogP contribution in [0.5, 0.6) is 0 Å². The Labute approximate surface area is 127 Å². The lowest BCUT2D eigenvalue weighted by molar-refractivity contribution is 0.0760. The predicted molar refractivity (Wildman–Crippen MR) is 86.6 cm³/mol. The highest BCUT2D eigenvalue weighted by molar-refractivity contribution is 5.94. The average molecular weight is 289 g/mol. The molecule has 1 aromatic heterocycles. The molecular weight excluding hydrogens is 262 g/mol. The highest BCUT2D eigenvalue weighted by atomic mass is 16.2. The summed E-state index contributed by atoms with van der Waals surface area (Å²) < 4.78 is 0. The lowest BCUT2D eigenvalue weighted by atomic mass is 9.96. The molecule has 1 aliphatic rings. The fourth-order valence-electron chi connectivity index (χ4n) is 3.09. The number of carbonyl (C=O) groups excluding carboxylic acids is 1. The molecular formula is C17H27N3O. The normalized spacial score (nSPS) is 19.1. The van der Waals surface area contributed by atoms with Crippen LogP contribution in [-0.2, 0) is 0 Å². The number of aromatic nitrogens is 1. The van der Waals surface area contributed by atoms with Gasteiger partial charge >= 0.3 is 0 Å². The maximum atomic E-state index is 12.6. The fourth-order valence-corrected chi connectivity index (χ4v) is 3.09. The first-order chi connectivity index (χ1) is 10.2. The molecule has 1 fully saturated rings. The highest BCUT2D eigenvalue weighted by Crippen LogP contribution is 2.23.